The van der Waals surface area contributed by atoms with Crippen molar-refractivity contribution in [2.75, 3.05) is 5.75 Å². The van der Waals surface area contributed by atoms with E-state index < -0.39 is 41.7 Å². The standard InChI is InChI=1S/C29H54NO8PS/c1-3-5-7-9-10-11-12-13-14-19-23-40(36,37)30-26(22-18-8-6-4-2)27(31)28(29(32)39(33,34)35)38-24-25-20-16-15-17-21-25/h15-17,20-21,26-32H,3-14,18-19,22-24H2,1-2H3,(H2,33,34,35). The molecule has 0 radical (unpaired) electrons. The van der Waals surface area contributed by atoms with Crippen LogP contribution in [0.25, 0.3) is 0 Å². The minimum atomic E-state index is -5.06. The van der Waals surface area contributed by atoms with Crippen molar-refractivity contribution in [3.8, 4) is 0 Å². The number of unbranched alkanes of at least 4 members (excludes halogenated alkanes) is 12. The summed E-state index contributed by atoms with van der Waals surface area (Å²) in [7, 11) is -8.84. The molecule has 0 fully saturated rings. The third kappa shape index (κ3) is 16.6. The van der Waals surface area contributed by atoms with Gasteiger partial charge in [0.1, 0.15) is 6.10 Å². The molecule has 0 aliphatic heterocycles. The Morgan fingerprint density at radius 2 is 1.30 bits per heavy atom. The Labute approximate surface area is 242 Å². The summed E-state index contributed by atoms with van der Waals surface area (Å²) in [5.41, 5.74) is 0.679. The molecule has 5 N–H and O–H groups in total. The zero-order valence-electron chi connectivity index (χ0n) is 24.5. The molecule has 1 aromatic carbocycles. The predicted octanol–water partition coefficient (Wildman–Crippen LogP) is 5.61. The van der Waals surface area contributed by atoms with Crippen LogP contribution in [-0.4, -0.2) is 58.3 Å². The van der Waals surface area contributed by atoms with E-state index in [9.17, 15) is 33.0 Å². The highest BCUT2D eigenvalue weighted by atomic mass is 32.2. The molecule has 11 heteroatoms. The molecule has 4 unspecified atom stereocenters. The van der Waals surface area contributed by atoms with E-state index in [1.165, 1.54) is 32.1 Å². The largest absolute Gasteiger partial charge is 0.389 e. The molecule has 0 heterocycles. The van der Waals surface area contributed by atoms with Crippen molar-refractivity contribution in [1.82, 2.24) is 4.72 Å². The van der Waals surface area contributed by atoms with Crippen LogP contribution in [0.15, 0.2) is 30.3 Å². The minimum Gasteiger partial charge on any atom is -0.389 e. The number of rotatable bonds is 25. The molecule has 40 heavy (non-hydrogen) atoms. The number of nitrogens with one attached hydrogen (secondary N) is 1. The highest BCUT2D eigenvalue weighted by Gasteiger charge is 2.43. The molecule has 0 amide bonds. The lowest BCUT2D eigenvalue weighted by Gasteiger charge is -2.33. The molecule has 0 saturated heterocycles. The molecule has 0 bridgehead atoms. The van der Waals surface area contributed by atoms with Gasteiger partial charge in [0.05, 0.1) is 24.5 Å². The van der Waals surface area contributed by atoms with E-state index in [4.69, 9.17) is 4.74 Å². The van der Waals surface area contributed by atoms with Gasteiger partial charge in [0.2, 0.25) is 10.0 Å². The summed E-state index contributed by atoms with van der Waals surface area (Å²) >= 11 is 0. The lowest BCUT2D eigenvalue weighted by Crippen LogP contribution is -2.53. The van der Waals surface area contributed by atoms with Crippen molar-refractivity contribution in [3.63, 3.8) is 0 Å². The number of hydrogen-bond acceptors (Lipinski definition) is 6. The van der Waals surface area contributed by atoms with E-state index in [0.717, 1.165) is 44.9 Å². The van der Waals surface area contributed by atoms with Crippen LogP contribution >= 0.6 is 7.60 Å². The lowest BCUT2D eigenvalue weighted by molar-refractivity contribution is -0.0979. The molecule has 0 aliphatic carbocycles. The van der Waals surface area contributed by atoms with Crippen molar-refractivity contribution >= 4 is 17.6 Å². The molecule has 1 aromatic rings. The van der Waals surface area contributed by atoms with Gasteiger partial charge < -0.3 is 24.7 Å². The maximum atomic E-state index is 13.0. The second-order valence-corrected chi connectivity index (χ2v) is 14.4. The molecule has 9 nitrogen and oxygen atoms in total. The second kappa shape index (κ2) is 20.9. The summed E-state index contributed by atoms with van der Waals surface area (Å²) in [6.07, 6.45) is 10.9. The molecule has 0 aromatic heterocycles. The van der Waals surface area contributed by atoms with Gasteiger partial charge in [-0.1, -0.05) is 128 Å². The molecular formula is C29H54NO8PS. The first-order chi connectivity index (χ1) is 19.0. The Bertz CT molecular complexity index is 912. The molecule has 0 saturated carbocycles. The van der Waals surface area contributed by atoms with E-state index in [1.54, 1.807) is 30.3 Å². The van der Waals surface area contributed by atoms with Crippen molar-refractivity contribution < 1.29 is 37.7 Å². The zero-order valence-corrected chi connectivity index (χ0v) is 26.2. The molecule has 4 atom stereocenters. The number of aliphatic hydroxyl groups is 2. The van der Waals surface area contributed by atoms with Crippen LogP contribution in [0.3, 0.4) is 0 Å². The molecule has 0 spiro atoms. The Morgan fingerprint density at radius 3 is 1.82 bits per heavy atom. The average molecular weight is 608 g/mol. The summed E-state index contributed by atoms with van der Waals surface area (Å²) in [6, 6.07) is 7.75. The third-order valence-electron chi connectivity index (χ3n) is 7.14. The first-order valence-corrected chi connectivity index (χ1v) is 18.4. The Hall–Kier alpha value is -0.840. The third-order valence-corrected chi connectivity index (χ3v) is 9.61. The number of ether oxygens (including phenoxy) is 1. The first-order valence-electron chi connectivity index (χ1n) is 15.1. The van der Waals surface area contributed by atoms with E-state index >= 15 is 0 Å². The fraction of sp³-hybridized carbons (Fsp3) is 0.793. The molecular weight excluding hydrogens is 553 g/mol. The van der Waals surface area contributed by atoms with Crippen LogP contribution < -0.4 is 4.72 Å². The van der Waals surface area contributed by atoms with Gasteiger partial charge in [-0.15, -0.1) is 0 Å². The number of benzene rings is 1. The highest BCUT2D eigenvalue weighted by molar-refractivity contribution is 7.89. The van der Waals surface area contributed by atoms with E-state index in [0.29, 0.717) is 18.4 Å². The maximum Gasteiger partial charge on any atom is 0.356 e. The van der Waals surface area contributed by atoms with E-state index in [2.05, 4.69) is 11.6 Å². The summed E-state index contributed by atoms with van der Waals surface area (Å²) < 4.78 is 46.0. The van der Waals surface area contributed by atoms with Crippen LogP contribution in [0, 0.1) is 0 Å². The summed E-state index contributed by atoms with van der Waals surface area (Å²) in [4.78, 5) is 19.3. The van der Waals surface area contributed by atoms with Crippen molar-refractivity contribution in [3.05, 3.63) is 35.9 Å². The first kappa shape index (κ1) is 37.2. The van der Waals surface area contributed by atoms with Crippen LogP contribution in [0.1, 0.15) is 116 Å². The Morgan fingerprint density at radius 1 is 0.800 bits per heavy atom. The van der Waals surface area contributed by atoms with Crippen molar-refractivity contribution in [2.45, 2.75) is 141 Å². The smallest absolute Gasteiger partial charge is 0.356 e. The number of aliphatic hydroxyl groups excluding tert-OH is 2. The SMILES string of the molecule is CCCCCCCCCCCCS(=O)(=O)NC(CCCCCC)C(O)C(OCc1ccccc1)C(O)P(=O)(O)O. The zero-order chi connectivity index (χ0) is 29.9. The van der Waals surface area contributed by atoms with Gasteiger partial charge in [0.15, 0.2) is 5.85 Å². The number of hydrogen-bond donors (Lipinski definition) is 5. The summed E-state index contributed by atoms with van der Waals surface area (Å²) in [6.45, 7) is 4.13. The fourth-order valence-corrected chi connectivity index (χ4v) is 6.77. The normalized spacial score (nSPS) is 15.6. The summed E-state index contributed by atoms with van der Waals surface area (Å²) in [5, 5.41) is 21.6. The predicted molar refractivity (Wildman–Crippen MR) is 160 cm³/mol. The van der Waals surface area contributed by atoms with Crippen LogP contribution in [-0.2, 0) is 25.9 Å². The lowest BCUT2D eigenvalue weighted by atomic mass is 9.99. The van der Waals surface area contributed by atoms with Gasteiger partial charge in [-0.2, -0.15) is 0 Å². The molecule has 234 valence electrons. The quantitative estimate of drug-likeness (QED) is 0.0710. The van der Waals surface area contributed by atoms with Gasteiger partial charge in [-0.3, -0.25) is 4.57 Å². The maximum absolute atomic E-state index is 13.0. The van der Waals surface area contributed by atoms with Crippen LogP contribution in [0.2, 0.25) is 0 Å². The van der Waals surface area contributed by atoms with Crippen molar-refractivity contribution in [2.24, 2.45) is 0 Å². The Kier molecular flexibility index (Phi) is 19.5. The van der Waals surface area contributed by atoms with Crippen LogP contribution in [0.4, 0.5) is 0 Å². The molecule has 1 rings (SSSR count). The monoisotopic (exact) mass is 607 g/mol. The van der Waals surface area contributed by atoms with Gasteiger partial charge in [-0.25, -0.2) is 13.1 Å². The fourth-order valence-electron chi connectivity index (χ4n) is 4.71. The Balaban J connectivity index is 2.80. The van der Waals surface area contributed by atoms with Gasteiger partial charge in [0, 0.05) is 0 Å². The van der Waals surface area contributed by atoms with E-state index in [1.807, 2.05) is 6.92 Å². The average Bonchev–Trinajstić information content (AvgIpc) is 2.91. The number of sulfonamides is 1. The summed E-state index contributed by atoms with van der Waals surface area (Å²) in [5.74, 6) is -2.41. The van der Waals surface area contributed by atoms with Crippen LogP contribution in [0.5, 0.6) is 0 Å². The van der Waals surface area contributed by atoms with Gasteiger partial charge in [-0.05, 0) is 18.4 Å². The van der Waals surface area contributed by atoms with E-state index in [-0.39, 0.29) is 18.8 Å². The highest BCUT2D eigenvalue weighted by Crippen LogP contribution is 2.43. The minimum absolute atomic E-state index is 0.0989. The topological polar surface area (TPSA) is 153 Å². The van der Waals surface area contributed by atoms with Crippen molar-refractivity contribution in [1.29, 1.82) is 0 Å². The second-order valence-electron chi connectivity index (χ2n) is 10.8. The molecule has 0 aliphatic rings. The van der Waals surface area contributed by atoms with Gasteiger partial charge >= 0.3 is 7.60 Å². The van der Waals surface area contributed by atoms with Gasteiger partial charge in [0.25, 0.3) is 0 Å².